The van der Waals surface area contributed by atoms with Gasteiger partial charge in [-0.3, -0.25) is 19.2 Å². The fraction of sp³-hybridized carbons (Fsp3) is 0.458. The van der Waals surface area contributed by atoms with Crippen LogP contribution in [0.15, 0.2) is 102 Å². The van der Waals surface area contributed by atoms with Gasteiger partial charge in [0.2, 0.25) is 0 Å². The molecule has 3 aromatic rings. The number of esters is 4. The molecule has 0 unspecified atom stereocenters. The first kappa shape index (κ1) is 46.8. The molecule has 1 amide bonds. The van der Waals surface area contributed by atoms with Gasteiger partial charge in [-0.05, 0) is 66.7 Å². The van der Waals surface area contributed by atoms with Crippen LogP contribution in [0.4, 0.5) is 0 Å². The molecule has 0 aromatic heterocycles. The standard InChI is InChI=1S/C48H55NO14/c1-27(33(22-23-50)61-45(58)39(54)38(30-16-10-7-11-17-30)49-43(56)31-18-12-8-13-19-31)37-40(60-28(2)51)42(55)47(6)35(53)24-36-48(26-59-36,63-29(3)52)41(47)34(25-46(37,4)5)62-44(57)32-20-14-9-15-21-32/h7-21,33-36,38-41,50,53-54H,22-26H2,1-6H3,(H,49,56)/b37-27-/t33-,34+,35-,36+,38-,39+,40+,41-,47+,48-/m0/s1. The smallest absolute Gasteiger partial charge is 0.338 e. The number of aliphatic hydroxyl groups is 3. The van der Waals surface area contributed by atoms with E-state index in [0.29, 0.717) is 5.56 Å². The summed E-state index contributed by atoms with van der Waals surface area (Å²) in [6, 6.07) is 23.4. The zero-order valence-electron chi connectivity index (χ0n) is 36.1. The van der Waals surface area contributed by atoms with E-state index in [1.54, 1.807) is 105 Å². The van der Waals surface area contributed by atoms with Gasteiger partial charge in [-0.2, -0.15) is 0 Å². The van der Waals surface area contributed by atoms with E-state index in [1.807, 2.05) is 0 Å². The normalized spacial score (nSPS) is 28.4. The van der Waals surface area contributed by atoms with Crippen LogP contribution in [-0.2, 0) is 42.9 Å². The summed E-state index contributed by atoms with van der Waals surface area (Å²) in [6.07, 6.45) is -9.24. The molecule has 15 nitrogen and oxygen atoms in total. The van der Waals surface area contributed by atoms with E-state index in [2.05, 4.69) is 5.32 Å². The number of aliphatic hydroxyl groups excluding tert-OH is 3. The van der Waals surface area contributed by atoms with Gasteiger partial charge < -0.3 is 44.3 Å². The average molecular weight is 870 g/mol. The molecule has 1 saturated heterocycles. The Morgan fingerprint density at radius 1 is 0.841 bits per heavy atom. The minimum absolute atomic E-state index is 0.115. The monoisotopic (exact) mass is 869 g/mol. The largest absolute Gasteiger partial charge is 0.458 e. The Hall–Kier alpha value is -5.74. The zero-order chi connectivity index (χ0) is 45.9. The predicted molar refractivity (Wildman–Crippen MR) is 224 cm³/mol. The van der Waals surface area contributed by atoms with Gasteiger partial charge >= 0.3 is 23.9 Å². The van der Waals surface area contributed by atoms with Gasteiger partial charge in [0.15, 0.2) is 23.6 Å². The van der Waals surface area contributed by atoms with Crippen molar-refractivity contribution in [2.75, 3.05) is 13.2 Å². The molecule has 336 valence electrons. The summed E-state index contributed by atoms with van der Waals surface area (Å²) < 4.78 is 30.2. The molecule has 6 rings (SSSR count). The number of ether oxygens (including phenoxy) is 5. The number of benzene rings is 3. The number of hydrogen-bond donors (Lipinski definition) is 4. The van der Waals surface area contributed by atoms with E-state index in [9.17, 15) is 39.3 Å². The quantitative estimate of drug-likeness (QED) is 0.107. The van der Waals surface area contributed by atoms with Crippen molar-refractivity contribution in [3.8, 4) is 0 Å². The Labute approximate surface area is 365 Å². The van der Waals surface area contributed by atoms with Crippen LogP contribution in [0.1, 0.15) is 93.1 Å². The molecule has 1 aliphatic heterocycles. The van der Waals surface area contributed by atoms with Crippen molar-refractivity contribution in [2.45, 2.75) is 109 Å². The number of Topliss-reactive ketones (excluding diaryl/α,β-unsaturated/α-hetero) is 1. The number of carbonyl (C=O) groups excluding carboxylic acids is 6. The van der Waals surface area contributed by atoms with Crippen molar-refractivity contribution in [3.05, 3.63) is 119 Å². The highest BCUT2D eigenvalue weighted by Crippen LogP contribution is 2.60. The van der Waals surface area contributed by atoms with Gasteiger partial charge in [-0.1, -0.05) is 80.6 Å². The maximum Gasteiger partial charge on any atom is 0.338 e. The second-order valence-corrected chi connectivity index (χ2v) is 17.3. The van der Waals surface area contributed by atoms with E-state index in [4.69, 9.17) is 23.7 Å². The van der Waals surface area contributed by atoms with Gasteiger partial charge in [0.05, 0.1) is 35.6 Å². The number of ketones is 1. The molecule has 4 N–H and O–H groups in total. The lowest BCUT2D eigenvalue weighted by Crippen LogP contribution is -2.78. The van der Waals surface area contributed by atoms with Crippen molar-refractivity contribution >= 4 is 35.6 Å². The Balaban J connectivity index is 1.46. The lowest BCUT2D eigenvalue weighted by Gasteiger charge is -2.64. The predicted octanol–water partition coefficient (Wildman–Crippen LogP) is 4.37. The van der Waals surface area contributed by atoms with Crippen LogP contribution in [-0.4, -0.2) is 106 Å². The highest BCUT2D eigenvalue weighted by Gasteiger charge is 2.74. The molecule has 3 aromatic carbocycles. The molecule has 0 radical (unpaired) electrons. The zero-order valence-corrected chi connectivity index (χ0v) is 36.1. The molecule has 15 heteroatoms. The van der Waals surface area contributed by atoms with E-state index < -0.39 is 107 Å². The van der Waals surface area contributed by atoms with Crippen molar-refractivity contribution in [2.24, 2.45) is 16.7 Å². The molecule has 2 saturated carbocycles. The van der Waals surface area contributed by atoms with E-state index in [1.165, 1.54) is 20.8 Å². The van der Waals surface area contributed by atoms with Crippen LogP contribution in [0.25, 0.3) is 0 Å². The number of amides is 1. The van der Waals surface area contributed by atoms with Crippen LogP contribution >= 0.6 is 0 Å². The molecular formula is C48H55NO14. The topological polar surface area (TPSA) is 221 Å². The summed E-state index contributed by atoms with van der Waals surface area (Å²) >= 11 is 0. The second kappa shape index (κ2) is 18.9. The molecule has 3 fully saturated rings. The average Bonchev–Trinajstić information content (AvgIpc) is 3.25. The Bertz CT molecular complexity index is 2210. The van der Waals surface area contributed by atoms with Crippen LogP contribution in [0.3, 0.4) is 0 Å². The maximum absolute atomic E-state index is 15.6. The van der Waals surface area contributed by atoms with Gasteiger partial charge in [-0.25, -0.2) is 9.59 Å². The molecule has 10 atom stereocenters. The molecule has 1 heterocycles. The Morgan fingerprint density at radius 3 is 1.97 bits per heavy atom. The first-order valence-electron chi connectivity index (χ1n) is 20.9. The third kappa shape index (κ3) is 9.33. The van der Waals surface area contributed by atoms with Gasteiger partial charge in [0, 0.05) is 38.9 Å². The van der Waals surface area contributed by atoms with Gasteiger partial charge in [0.25, 0.3) is 5.91 Å². The van der Waals surface area contributed by atoms with Crippen molar-refractivity contribution in [3.63, 3.8) is 0 Å². The molecule has 2 aliphatic carbocycles. The fourth-order valence-corrected chi connectivity index (χ4v) is 9.76. The summed E-state index contributed by atoms with van der Waals surface area (Å²) in [4.78, 5) is 82.9. The highest BCUT2D eigenvalue weighted by atomic mass is 16.6. The van der Waals surface area contributed by atoms with Gasteiger partial charge in [-0.15, -0.1) is 0 Å². The SMILES string of the molecule is CC(=O)O[C@H]1C(=O)[C@@]2(C)[C@H]([C@H](OC(=O)c3ccccc3)CC(C)(C)/C1=C(/C)[C@H](CCO)OC(=O)[C@H](O)[C@@H](NC(=O)c1ccccc1)c1ccccc1)[C@]1(OC(C)=O)CO[C@@H]1C[C@@H]2O. The summed E-state index contributed by atoms with van der Waals surface area (Å²) in [5.41, 5.74) is -3.62. The van der Waals surface area contributed by atoms with Crippen molar-refractivity contribution < 1.29 is 67.8 Å². The third-order valence-corrected chi connectivity index (χ3v) is 12.7. The number of fused-ring (bicyclic) bond motifs is 3. The number of nitrogens with one attached hydrogen (secondary N) is 1. The Morgan fingerprint density at radius 2 is 1.43 bits per heavy atom. The molecular weight excluding hydrogens is 815 g/mol. The van der Waals surface area contributed by atoms with Crippen LogP contribution in [0.5, 0.6) is 0 Å². The minimum Gasteiger partial charge on any atom is -0.458 e. The van der Waals surface area contributed by atoms with E-state index in [0.717, 1.165) is 6.92 Å². The number of carbonyl (C=O) groups is 6. The molecule has 3 aliphatic rings. The maximum atomic E-state index is 15.6. The van der Waals surface area contributed by atoms with Crippen LogP contribution < -0.4 is 5.32 Å². The number of hydrogen-bond acceptors (Lipinski definition) is 14. The van der Waals surface area contributed by atoms with Crippen LogP contribution in [0.2, 0.25) is 0 Å². The third-order valence-electron chi connectivity index (χ3n) is 12.7. The highest BCUT2D eigenvalue weighted by molar-refractivity contribution is 5.96. The second-order valence-electron chi connectivity index (χ2n) is 17.3. The minimum atomic E-state index is -1.98. The summed E-state index contributed by atoms with van der Waals surface area (Å²) in [7, 11) is 0. The lowest BCUT2D eigenvalue weighted by molar-refractivity contribution is -0.331. The van der Waals surface area contributed by atoms with E-state index >= 15 is 4.79 Å². The van der Waals surface area contributed by atoms with Crippen molar-refractivity contribution in [1.82, 2.24) is 5.32 Å². The van der Waals surface area contributed by atoms with E-state index in [-0.39, 0.29) is 48.1 Å². The van der Waals surface area contributed by atoms with Gasteiger partial charge in [0.1, 0.15) is 18.3 Å². The fourth-order valence-electron chi connectivity index (χ4n) is 9.76. The first-order chi connectivity index (χ1) is 29.8. The van der Waals surface area contributed by atoms with Crippen LogP contribution in [0, 0.1) is 16.7 Å². The summed E-state index contributed by atoms with van der Waals surface area (Å²) in [5.74, 6) is -6.10. The summed E-state index contributed by atoms with van der Waals surface area (Å²) in [6.45, 7) is 8.02. The van der Waals surface area contributed by atoms with Crippen molar-refractivity contribution in [1.29, 1.82) is 0 Å². The number of rotatable bonds is 13. The first-order valence-corrected chi connectivity index (χ1v) is 20.9. The summed E-state index contributed by atoms with van der Waals surface area (Å²) in [5, 5.41) is 36.8. The Kier molecular flexibility index (Phi) is 14.1. The molecule has 63 heavy (non-hydrogen) atoms. The molecule has 0 spiro atoms. The lowest BCUT2D eigenvalue weighted by atomic mass is 9.49. The molecule has 0 bridgehead atoms.